The van der Waals surface area contributed by atoms with E-state index in [0.717, 1.165) is 25.3 Å². The van der Waals surface area contributed by atoms with Gasteiger partial charge in [-0.25, -0.2) is 9.97 Å². The molecule has 3 aromatic heterocycles. The molecule has 1 aromatic carbocycles. The van der Waals surface area contributed by atoms with Crippen LogP contribution in [0.15, 0.2) is 55.0 Å². The zero-order valence-electron chi connectivity index (χ0n) is 17.9. The lowest BCUT2D eigenvalue weighted by Gasteiger charge is -2.31. The van der Waals surface area contributed by atoms with Gasteiger partial charge in [-0.1, -0.05) is 11.6 Å². The third-order valence-corrected chi connectivity index (χ3v) is 6.33. The Morgan fingerprint density at radius 3 is 2.74 bits per heavy atom. The van der Waals surface area contributed by atoms with Gasteiger partial charge in [0.05, 0.1) is 5.52 Å². The predicted octanol–water partition coefficient (Wildman–Crippen LogP) is 5.71. The highest BCUT2D eigenvalue weighted by Crippen LogP contribution is 2.35. The van der Waals surface area contributed by atoms with Gasteiger partial charge >= 0.3 is 6.18 Å². The molecule has 176 valence electrons. The minimum atomic E-state index is -4.57. The minimum absolute atomic E-state index is 0.103. The number of carbonyl (C=O) groups excluding carboxylic acids is 1. The van der Waals surface area contributed by atoms with Gasteiger partial charge in [0.2, 0.25) is 0 Å². The third kappa shape index (κ3) is 4.65. The Balaban J connectivity index is 1.34. The molecule has 0 bridgehead atoms. The highest BCUT2D eigenvalue weighted by Gasteiger charge is 2.34. The molecule has 2 atom stereocenters. The zero-order valence-corrected chi connectivity index (χ0v) is 18.7. The Kier molecular flexibility index (Phi) is 5.81. The summed E-state index contributed by atoms with van der Waals surface area (Å²) in [6, 6.07) is 8.88. The molecule has 0 spiro atoms. The van der Waals surface area contributed by atoms with E-state index in [4.69, 9.17) is 11.6 Å². The molecule has 1 aliphatic rings. The summed E-state index contributed by atoms with van der Waals surface area (Å²) < 4.78 is 42.1. The number of benzene rings is 1. The fraction of sp³-hybridized carbons (Fsp3) is 0.292. The number of amides is 1. The molecule has 2 N–H and O–H groups in total. The lowest BCUT2D eigenvalue weighted by atomic mass is 9.90. The fourth-order valence-electron chi connectivity index (χ4n) is 4.45. The first-order chi connectivity index (χ1) is 16.3. The van der Waals surface area contributed by atoms with Gasteiger partial charge in [0, 0.05) is 52.3 Å². The quantitative estimate of drug-likeness (QED) is 0.387. The van der Waals surface area contributed by atoms with Crippen LogP contribution in [-0.2, 0) is 6.18 Å². The molecule has 3 heterocycles. The molecule has 1 amide bonds. The van der Waals surface area contributed by atoms with Crippen LogP contribution < -0.4 is 10.6 Å². The van der Waals surface area contributed by atoms with E-state index in [9.17, 15) is 18.0 Å². The summed E-state index contributed by atoms with van der Waals surface area (Å²) in [6.45, 7) is 0. The van der Waals surface area contributed by atoms with Gasteiger partial charge in [-0.3, -0.25) is 4.79 Å². The van der Waals surface area contributed by atoms with E-state index in [2.05, 4.69) is 20.6 Å². The normalized spacial score (nSPS) is 18.8. The van der Waals surface area contributed by atoms with Crippen LogP contribution >= 0.6 is 11.6 Å². The number of anilines is 1. The molecule has 4 aromatic rings. The zero-order chi connectivity index (χ0) is 23.9. The van der Waals surface area contributed by atoms with Crippen molar-refractivity contribution in [2.45, 2.75) is 43.9 Å². The Hall–Kier alpha value is -3.33. The van der Waals surface area contributed by atoms with Crippen molar-refractivity contribution in [2.75, 3.05) is 5.32 Å². The summed E-state index contributed by atoms with van der Waals surface area (Å²) in [6.07, 6.45) is 3.66. The number of imidazole rings is 1. The molecule has 0 unspecified atom stereocenters. The molecule has 1 saturated carbocycles. The van der Waals surface area contributed by atoms with Gasteiger partial charge in [0.15, 0.2) is 0 Å². The van der Waals surface area contributed by atoms with Crippen molar-refractivity contribution in [1.82, 2.24) is 19.7 Å². The highest BCUT2D eigenvalue weighted by atomic mass is 35.5. The Labute approximate surface area is 198 Å². The lowest BCUT2D eigenvalue weighted by molar-refractivity contribution is -0.140. The van der Waals surface area contributed by atoms with Crippen molar-refractivity contribution < 1.29 is 18.0 Å². The van der Waals surface area contributed by atoms with Crippen LogP contribution in [0.5, 0.6) is 0 Å². The molecule has 6 nitrogen and oxygen atoms in total. The van der Waals surface area contributed by atoms with Crippen LogP contribution in [0.1, 0.15) is 41.7 Å². The van der Waals surface area contributed by atoms with Crippen molar-refractivity contribution in [3.05, 3.63) is 71.3 Å². The molecule has 0 aliphatic heterocycles. The first kappa shape index (κ1) is 22.5. The molecule has 1 aliphatic carbocycles. The number of alkyl halides is 3. The predicted molar refractivity (Wildman–Crippen MR) is 124 cm³/mol. The number of rotatable bonds is 4. The number of pyridine rings is 2. The van der Waals surface area contributed by atoms with E-state index in [1.807, 2.05) is 4.40 Å². The second kappa shape index (κ2) is 8.79. The van der Waals surface area contributed by atoms with Gasteiger partial charge in [0.25, 0.3) is 5.91 Å². The largest absolute Gasteiger partial charge is 0.433 e. The summed E-state index contributed by atoms with van der Waals surface area (Å²) in [7, 11) is 0. The number of nitrogens with one attached hydrogen (secondary N) is 2. The van der Waals surface area contributed by atoms with E-state index in [-0.39, 0.29) is 23.5 Å². The maximum absolute atomic E-state index is 13.4. The average Bonchev–Trinajstić information content (AvgIpc) is 3.27. The number of aromatic nitrogens is 3. The summed E-state index contributed by atoms with van der Waals surface area (Å²) in [4.78, 5) is 20.8. The maximum Gasteiger partial charge on any atom is 0.433 e. The molecule has 34 heavy (non-hydrogen) atoms. The fourth-order valence-corrected chi connectivity index (χ4v) is 4.63. The minimum Gasteiger partial charge on any atom is -0.382 e. The number of carbonyl (C=O) groups is 1. The van der Waals surface area contributed by atoms with Gasteiger partial charge in [-0.2, -0.15) is 13.2 Å². The van der Waals surface area contributed by atoms with Crippen molar-refractivity contribution in [2.24, 2.45) is 0 Å². The Bertz CT molecular complexity index is 1370. The van der Waals surface area contributed by atoms with Crippen molar-refractivity contribution >= 4 is 39.7 Å². The summed E-state index contributed by atoms with van der Waals surface area (Å²) >= 11 is 6.10. The van der Waals surface area contributed by atoms with E-state index >= 15 is 0 Å². The average molecular weight is 488 g/mol. The topological polar surface area (TPSA) is 71.3 Å². The molecule has 0 saturated heterocycles. The van der Waals surface area contributed by atoms with Gasteiger partial charge in [-0.05, 0) is 62.1 Å². The van der Waals surface area contributed by atoms with Gasteiger partial charge in [0.1, 0.15) is 11.3 Å². The maximum atomic E-state index is 13.4. The van der Waals surface area contributed by atoms with Crippen molar-refractivity contribution in [1.29, 1.82) is 0 Å². The summed E-state index contributed by atoms with van der Waals surface area (Å²) in [5, 5.41) is 7.27. The Morgan fingerprint density at radius 1 is 1.09 bits per heavy atom. The first-order valence-electron chi connectivity index (χ1n) is 10.9. The highest BCUT2D eigenvalue weighted by molar-refractivity contribution is 6.31. The third-order valence-electron chi connectivity index (χ3n) is 6.09. The summed E-state index contributed by atoms with van der Waals surface area (Å²) in [5.74, 6) is -0.198. The van der Waals surface area contributed by atoms with Crippen LogP contribution in [0.4, 0.5) is 18.9 Å². The van der Waals surface area contributed by atoms with Crippen LogP contribution in [-0.4, -0.2) is 32.4 Å². The Morgan fingerprint density at radius 2 is 1.91 bits per heavy atom. The van der Waals surface area contributed by atoms with Gasteiger partial charge in [-0.15, -0.1) is 0 Å². The first-order valence-corrected chi connectivity index (χ1v) is 11.3. The van der Waals surface area contributed by atoms with E-state index in [1.54, 1.807) is 36.8 Å². The molecule has 1 fully saturated rings. The number of halogens is 4. The second-order valence-electron chi connectivity index (χ2n) is 8.50. The number of hydrogen-bond donors (Lipinski definition) is 2. The van der Waals surface area contributed by atoms with Crippen LogP contribution in [0.2, 0.25) is 5.02 Å². The van der Waals surface area contributed by atoms with Crippen LogP contribution in [0, 0.1) is 0 Å². The van der Waals surface area contributed by atoms with E-state index in [1.165, 1.54) is 12.1 Å². The molecular formula is C24H21ClF3N5O. The number of fused-ring (bicyclic) bond motifs is 2. The molecule has 0 radical (unpaired) electrons. The second-order valence-corrected chi connectivity index (χ2v) is 8.94. The van der Waals surface area contributed by atoms with Crippen molar-refractivity contribution in [3.8, 4) is 0 Å². The smallest absolute Gasteiger partial charge is 0.382 e. The van der Waals surface area contributed by atoms with Crippen LogP contribution in [0.3, 0.4) is 0 Å². The number of nitrogens with zero attached hydrogens (tertiary/aromatic N) is 3. The van der Waals surface area contributed by atoms with Gasteiger partial charge < -0.3 is 15.0 Å². The molecule has 10 heteroatoms. The summed E-state index contributed by atoms with van der Waals surface area (Å²) in [5.41, 5.74) is 0.788. The van der Waals surface area contributed by atoms with Crippen LogP contribution in [0.25, 0.3) is 16.6 Å². The number of hydrogen-bond acceptors (Lipinski definition) is 4. The monoisotopic (exact) mass is 487 g/mol. The molecule has 5 rings (SSSR count). The van der Waals surface area contributed by atoms with E-state index in [0.29, 0.717) is 33.7 Å². The van der Waals surface area contributed by atoms with E-state index < -0.39 is 11.9 Å². The van der Waals surface area contributed by atoms with Crippen molar-refractivity contribution in [3.63, 3.8) is 0 Å². The SMILES string of the molecule is O=C(N[C@@H]1CCC[C@H](Nc2cc(C(F)(F)F)nc3ccc(Cl)cc23)C1)c1ccn2ccnc2c1. The lowest BCUT2D eigenvalue weighted by Crippen LogP contribution is -2.41. The standard InChI is InChI=1S/C24H21ClF3N5O/c25-15-4-5-19-18(11-15)20(13-21(32-19)24(26,27)28)30-16-2-1-3-17(12-16)31-23(34)14-6-8-33-9-7-29-22(33)10-14/h4-11,13,16-17H,1-3,12H2,(H,30,32)(H,31,34)/t16-,17+/m0/s1. The molecular weight excluding hydrogens is 467 g/mol.